The molecule has 1 aliphatic heterocycles. The van der Waals surface area contributed by atoms with E-state index < -0.39 is 0 Å². The Labute approximate surface area is 169 Å². The molecule has 6 heteroatoms. The number of guanidine groups is 1. The van der Waals surface area contributed by atoms with Crippen LogP contribution in [0, 0.1) is 11.8 Å². The van der Waals surface area contributed by atoms with Crippen molar-refractivity contribution in [3.8, 4) is 0 Å². The fourth-order valence-corrected chi connectivity index (χ4v) is 4.17. The number of aliphatic imine (C=N–C) groups is 1. The molecule has 0 bridgehead atoms. The summed E-state index contributed by atoms with van der Waals surface area (Å²) in [4.78, 5) is 7.45. The summed E-state index contributed by atoms with van der Waals surface area (Å²) < 4.78 is 1.90. The molecule has 1 aromatic rings. The molecule has 3 atom stereocenters. The lowest BCUT2D eigenvalue weighted by molar-refractivity contribution is 0.263. The second-order valence-electron chi connectivity index (χ2n) is 7.60. The van der Waals surface area contributed by atoms with Gasteiger partial charge in [0, 0.05) is 45.3 Å². The second kappa shape index (κ2) is 9.78. The number of aryl methyl sites for hydroxylation is 1. The highest BCUT2D eigenvalue weighted by Gasteiger charge is 2.27. The van der Waals surface area contributed by atoms with Crippen molar-refractivity contribution in [1.29, 1.82) is 0 Å². The van der Waals surface area contributed by atoms with Gasteiger partial charge in [0.1, 0.15) is 0 Å². The van der Waals surface area contributed by atoms with Crippen LogP contribution in [0.25, 0.3) is 0 Å². The molecule has 3 unspecified atom stereocenters. The average Bonchev–Trinajstić information content (AvgIpc) is 3.21. The van der Waals surface area contributed by atoms with Gasteiger partial charge in [-0.1, -0.05) is 26.2 Å². The van der Waals surface area contributed by atoms with Gasteiger partial charge in [0.2, 0.25) is 0 Å². The number of nitrogens with zero attached hydrogens (tertiary/aromatic N) is 4. The monoisotopic (exact) mass is 459 g/mol. The number of hydrogen-bond acceptors (Lipinski definition) is 2. The van der Waals surface area contributed by atoms with Gasteiger partial charge in [-0.25, -0.2) is 0 Å². The zero-order chi connectivity index (χ0) is 16.9. The van der Waals surface area contributed by atoms with Crippen LogP contribution in [0.5, 0.6) is 0 Å². The molecule has 2 heterocycles. The van der Waals surface area contributed by atoms with E-state index in [0.29, 0.717) is 5.92 Å². The molecule has 25 heavy (non-hydrogen) atoms. The van der Waals surface area contributed by atoms with Crippen molar-refractivity contribution in [3.63, 3.8) is 0 Å². The fraction of sp³-hybridized carbons (Fsp3) is 0.789. The molecule has 2 aliphatic rings. The first-order chi connectivity index (χ1) is 11.7. The van der Waals surface area contributed by atoms with Crippen molar-refractivity contribution in [2.45, 2.75) is 51.9 Å². The zero-order valence-electron chi connectivity index (χ0n) is 15.9. The summed E-state index contributed by atoms with van der Waals surface area (Å²) in [6, 6.07) is 0. The van der Waals surface area contributed by atoms with Crippen LogP contribution < -0.4 is 5.32 Å². The maximum atomic E-state index is 5.01. The predicted molar refractivity (Wildman–Crippen MR) is 115 cm³/mol. The lowest BCUT2D eigenvalue weighted by Gasteiger charge is -2.28. The summed E-state index contributed by atoms with van der Waals surface area (Å²) in [5, 5.41) is 7.84. The van der Waals surface area contributed by atoms with Crippen LogP contribution in [0.3, 0.4) is 0 Å². The SMILES string of the molecule is CCNC(=NCC1CCCCC1C)N1CCC(c2cnn(C)c2)C1.I. The van der Waals surface area contributed by atoms with Gasteiger partial charge >= 0.3 is 0 Å². The topological polar surface area (TPSA) is 45.5 Å². The number of rotatable bonds is 4. The Balaban J connectivity index is 0.00000225. The van der Waals surface area contributed by atoms with Crippen LogP contribution in [0.1, 0.15) is 57.4 Å². The van der Waals surface area contributed by atoms with E-state index >= 15 is 0 Å². The molecule has 1 aliphatic carbocycles. The van der Waals surface area contributed by atoms with Gasteiger partial charge in [0.15, 0.2) is 5.96 Å². The molecule has 0 aromatic carbocycles. The van der Waals surface area contributed by atoms with Crippen molar-refractivity contribution in [1.82, 2.24) is 20.0 Å². The number of aromatic nitrogens is 2. The van der Waals surface area contributed by atoms with Gasteiger partial charge in [-0.2, -0.15) is 5.10 Å². The minimum Gasteiger partial charge on any atom is -0.357 e. The zero-order valence-corrected chi connectivity index (χ0v) is 18.3. The Bertz CT molecular complexity index is 556. The number of halogens is 1. The quantitative estimate of drug-likeness (QED) is 0.425. The first-order valence-corrected chi connectivity index (χ1v) is 9.69. The van der Waals surface area contributed by atoms with Crippen molar-refractivity contribution in [2.75, 3.05) is 26.2 Å². The summed E-state index contributed by atoms with van der Waals surface area (Å²) in [5.74, 6) is 3.29. The molecular weight excluding hydrogens is 425 g/mol. The van der Waals surface area contributed by atoms with E-state index in [0.717, 1.165) is 44.0 Å². The molecule has 5 nitrogen and oxygen atoms in total. The van der Waals surface area contributed by atoms with Crippen molar-refractivity contribution >= 4 is 29.9 Å². The Morgan fingerprint density at radius 2 is 2.12 bits per heavy atom. The fourth-order valence-electron chi connectivity index (χ4n) is 4.17. The van der Waals surface area contributed by atoms with Gasteiger partial charge < -0.3 is 10.2 Å². The highest BCUT2D eigenvalue weighted by molar-refractivity contribution is 14.0. The van der Waals surface area contributed by atoms with E-state index in [2.05, 4.69) is 35.4 Å². The van der Waals surface area contributed by atoms with Crippen LogP contribution in [-0.4, -0.2) is 46.8 Å². The normalized spacial score (nSPS) is 27.2. The summed E-state index contributed by atoms with van der Waals surface area (Å²) in [7, 11) is 1.99. The third-order valence-electron chi connectivity index (χ3n) is 5.78. The smallest absolute Gasteiger partial charge is 0.193 e. The van der Waals surface area contributed by atoms with Crippen molar-refractivity contribution in [2.24, 2.45) is 23.9 Å². The standard InChI is InChI=1S/C19H33N5.HI/c1-4-20-19(21-11-16-8-6-5-7-15(16)2)24-10-9-17(14-24)18-12-22-23(3)13-18;/h12-13,15-17H,4-11,14H2,1-3H3,(H,20,21);1H. The van der Waals surface area contributed by atoms with Crippen LogP contribution in [0.4, 0.5) is 0 Å². The van der Waals surface area contributed by atoms with E-state index in [1.807, 2.05) is 17.9 Å². The molecule has 1 aromatic heterocycles. The van der Waals surface area contributed by atoms with E-state index in [1.165, 1.54) is 37.7 Å². The number of likely N-dealkylation sites (tertiary alicyclic amines) is 1. The lowest BCUT2D eigenvalue weighted by Crippen LogP contribution is -2.40. The van der Waals surface area contributed by atoms with Crippen LogP contribution in [0.2, 0.25) is 0 Å². The molecule has 2 fully saturated rings. The van der Waals surface area contributed by atoms with Gasteiger partial charge in [-0.15, -0.1) is 24.0 Å². The first kappa shape index (κ1) is 20.5. The minimum absolute atomic E-state index is 0. The van der Waals surface area contributed by atoms with Crippen molar-refractivity contribution in [3.05, 3.63) is 18.0 Å². The molecule has 0 radical (unpaired) electrons. The highest BCUT2D eigenvalue weighted by atomic mass is 127. The molecular formula is C19H34IN5. The van der Waals surface area contributed by atoms with Gasteiger partial charge in [0.25, 0.3) is 0 Å². The van der Waals surface area contributed by atoms with Crippen LogP contribution in [-0.2, 0) is 7.05 Å². The summed E-state index contributed by atoms with van der Waals surface area (Å²) in [5.41, 5.74) is 1.36. The molecule has 1 N–H and O–H groups in total. The summed E-state index contributed by atoms with van der Waals surface area (Å²) in [6.45, 7) is 8.63. The largest absolute Gasteiger partial charge is 0.357 e. The summed E-state index contributed by atoms with van der Waals surface area (Å²) in [6.07, 6.45) is 10.9. The van der Waals surface area contributed by atoms with E-state index in [9.17, 15) is 0 Å². The first-order valence-electron chi connectivity index (χ1n) is 9.69. The molecule has 142 valence electrons. The maximum Gasteiger partial charge on any atom is 0.193 e. The molecule has 1 saturated carbocycles. The van der Waals surface area contributed by atoms with E-state index in [-0.39, 0.29) is 24.0 Å². The lowest BCUT2D eigenvalue weighted by atomic mass is 9.80. The Kier molecular flexibility index (Phi) is 8.03. The third-order valence-corrected chi connectivity index (χ3v) is 5.78. The Morgan fingerprint density at radius 1 is 1.32 bits per heavy atom. The van der Waals surface area contributed by atoms with Gasteiger partial charge in [0.05, 0.1) is 6.20 Å². The van der Waals surface area contributed by atoms with E-state index in [4.69, 9.17) is 4.99 Å². The van der Waals surface area contributed by atoms with Crippen molar-refractivity contribution < 1.29 is 0 Å². The van der Waals surface area contributed by atoms with Gasteiger partial charge in [-0.05, 0) is 37.2 Å². The average molecular weight is 459 g/mol. The maximum absolute atomic E-state index is 5.01. The summed E-state index contributed by atoms with van der Waals surface area (Å²) >= 11 is 0. The van der Waals surface area contributed by atoms with E-state index in [1.54, 1.807) is 0 Å². The number of hydrogen-bond donors (Lipinski definition) is 1. The number of nitrogens with one attached hydrogen (secondary N) is 1. The molecule has 0 spiro atoms. The molecule has 3 rings (SSSR count). The van der Waals surface area contributed by atoms with Crippen LogP contribution >= 0.6 is 24.0 Å². The Morgan fingerprint density at radius 3 is 2.80 bits per heavy atom. The minimum atomic E-state index is 0. The predicted octanol–water partition coefficient (Wildman–Crippen LogP) is 3.62. The Hall–Kier alpha value is -0.790. The van der Waals surface area contributed by atoms with Gasteiger partial charge in [-0.3, -0.25) is 9.67 Å². The molecule has 1 saturated heterocycles. The second-order valence-corrected chi connectivity index (χ2v) is 7.60. The molecule has 0 amide bonds. The van der Waals surface area contributed by atoms with Crippen LogP contribution in [0.15, 0.2) is 17.4 Å². The third kappa shape index (κ3) is 5.34. The highest BCUT2D eigenvalue weighted by Crippen LogP contribution is 2.30.